The van der Waals surface area contributed by atoms with Crippen LogP contribution < -0.4 is 15.4 Å². The van der Waals surface area contributed by atoms with E-state index in [9.17, 15) is 14.4 Å². The van der Waals surface area contributed by atoms with Crippen LogP contribution in [0.5, 0.6) is 5.75 Å². The van der Waals surface area contributed by atoms with Crippen LogP contribution in [-0.2, 0) is 11.3 Å². The number of nitrogens with zero attached hydrogens (tertiary/aromatic N) is 2. The molecule has 2 heterocycles. The summed E-state index contributed by atoms with van der Waals surface area (Å²) in [6, 6.07) is 11.8. The van der Waals surface area contributed by atoms with E-state index in [1.165, 1.54) is 0 Å². The van der Waals surface area contributed by atoms with Gasteiger partial charge in [-0.1, -0.05) is 35.5 Å². The van der Waals surface area contributed by atoms with Crippen LogP contribution in [0.1, 0.15) is 39.0 Å². The maximum atomic E-state index is 13.0. The molecule has 2 N–H and O–H groups in total. The lowest BCUT2D eigenvalue weighted by Gasteiger charge is -2.25. The number of amides is 4. The van der Waals surface area contributed by atoms with Crippen LogP contribution in [0.4, 0.5) is 4.79 Å². The Morgan fingerprint density at radius 2 is 2.00 bits per heavy atom. The summed E-state index contributed by atoms with van der Waals surface area (Å²) >= 11 is 0. The first kappa shape index (κ1) is 22.1. The summed E-state index contributed by atoms with van der Waals surface area (Å²) in [6.07, 6.45) is 0.316. The average molecular weight is 448 g/mol. The second-order valence-corrected chi connectivity index (χ2v) is 7.82. The number of nitrogens with one attached hydrogen (secondary N) is 2. The molecule has 0 saturated heterocycles. The van der Waals surface area contributed by atoms with Crippen molar-refractivity contribution in [3.05, 3.63) is 70.6 Å². The number of rotatable bonds is 7. The van der Waals surface area contributed by atoms with Gasteiger partial charge in [0.15, 0.2) is 0 Å². The van der Waals surface area contributed by atoms with Crippen LogP contribution in [-0.4, -0.2) is 42.1 Å². The second-order valence-electron chi connectivity index (χ2n) is 7.82. The molecule has 1 aliphatic heterocycles. The second kappa shape index (κ2) is 9.15. The summed E-state index contributed by atoms with van der Waals surface area (Å²) in [6.45, 7) is 4.37. The van der Waals surface area contributed by atoms with Crippen LogP contribution in [0, 0.1) is 13.8 Å². The molecular weight excluding hydrogens is 424 g/mol. The molecule has 0 unspecified atom stereocenters. The van der Waals surface area contributed by atoms with Crippen molar-refractivity contribution in [3.63, 3.8) is 0 Å². The van der Waals surface area contributed by atoms with Gasteiger partial charge >= 0.3 is 6.03 Å². The standard InChI is InChI=1S/C24H24N4O5/c1-14-22(15(2)33-27-14)17-6-4-16(5-7-17)21(26-24(31)25-13-29)12-28-11-18-8-9-19(32-3)10-20(18)23(28)30/h4-10,13,21H,11-12H2,1-3H3,(H2,25,26,29,31)/t21-/m0/s1. The normalized spacial score (nSPS) is 13.4. The van der Waals surface area contributed by atoms with Gasteiger partial charge in [0.1, 0.15) is 11.5 Å². The Bertz CT molecular complexity index is 1180. The number of carbonyl (C=O) groups is 3. The molecule has 0 saturated carbocycles. The lowest BCUT2D eigenvalue weighted by atomic mass is 9.99. The molecule has 1 aliphatic rings. The third-order valence-electron chi connectivity index (χ3n) is 5.73. The van der Waals surface area contributed by atoms with Crippen molar-refractivity contribution in [1.29, 1.82) is 0 Å². The highest BCUT2D eigenvalue weighted by molar-refractivity contribution is 5.98. The first-order valence-electron chi connectivity index (χ1n) is 10.4. The maximum absolute atomic E-state index is 13.0. The van der Waals surface area contributed by atoms with Crippen molar-refractivity contribution >= 4 is 18.3 Å². The molecule has 0 bridgehead atoms. The predicted molar refractivity (Wildman–Crippen MR) is 120 cm³/mol. The van der Waals surface area contributed by atoms with Crippen molar-refractivity contribution < 1.29 is 23.6 Å². The smallest absolute Gasteiger partial charge is 0.321 e. The third-order valence-corrected chi connectivity index (χ3v) is 5.73. The van der Waals surface area contributed by atoms with E-state index in [2.05, 4.69) is 15.8 Å². The molecule has 0 radical (unpaired) electrons. The van der Waals surface area contributed by atoms with Crippen molar-refractivity contribution in [2.24, 2.45) is 0 Å². The first-order valence-corrected chi connectivity index (χ1v) is 10.4. The number of fused-ring (bicyclic) bond motifs is 1. The SMILES string of the molecule is COc1ccc2c(c1)C(=O)N(C[C@H](NC(=O)NC=O)c1ccc(-c3c(C)noc3C)cc1)C2. The Hall–Kier alpha value is -4.14. The number of hydrogen-bond donors (Lipinski definition) is 2. The number of urea groups is 1. The Morgan fingerprint density at radius 3 is 2.64 bits per heavy atom. The van der Waals surface area contributed by atoms with Gasteiger partial charge in [0.25, 0.3) is 5.91 Å². The highest BCUT2D eigenvalue weighted by Gasteiger charge is 2.30. The lowest BCUT2D eigenvalue weighted by Crippen LogP contribution is -2.42. The number of methoxy groups -OCH3 is 1. The molecule has 1 aromatic heterocycles. The highest BCUT2D eigenvalue weighted by atomic mass is 16.5. The van der Waals surface area contributed by atoms with Crippen LogP contribution in [0.15, 0.2) is 47.0 Å². The number of carbonyl (C=O) groups excluding carboxylic acids is 3. The van der Waals surface area contributed by atoms with Gasteiger partial charge in [-0.2, -0.15) is 0 Å². The number of hydrogen-bond acceptors (Lipinski definition) is 6. The van der Waals surface area contributed by atoms with E-state index in [0.717, 1.165) is 33.7 Å². The predicted octanol–water partition coefficient (Wildman–Crippen LogP) is 3.12. The molecule has 0 aliphatic carbocycles. The monoisotopic (exact) mass is 448 g/mol. The van der Waals surface area contributed by atoms with E-state index in [-0.39, 0.29) is 12.5 Å². The molecule has 9 heteroatoms. The van der Waals surface area contributed by atoms with Crippen molar-refractivity contribution in [2.75, 3.05) is 13.7 Å². The molecule has 0 spiro atoms. The number of benzene rings is 2. The van der Waals surface area contributed by atoms with Gasteiger partial charge in [0.05, 0.1) is 18.8 Å². The van der Waals surface area contributed by atoms with E-state index in [1.54, 1.807) is 18.1 Å². The highest BCUT2D eigenvalue weighted by Crippen LogP contribution is 2.30. The summed E-state index contributed by atoms with van der Waals surface area (Å²) < 4.78 is 10.5. The van der Waals surface area contributed by atoms with Crippen LogP contribution in [0.3, 0.4) is 0 Å². The Morgan fingerprint density at radius 1 is 1.24 bits per heavy atom. The maximum Gasteiger partial charge on any atom is 0.321 e. The summed E-state index contributed by atoms with van der Waals surface area (Å²) in [5.41, 5.74) is 4.90. The van der Waals surface area contributed by atoms with Gasteiger partial charge in [-0.3, -0.25) is 14.9 Å². The van der Waals surface area contributed by atoms with Gasteiger partial charge in [0, 0.05) is 24.2 Å². The first-order chi connectivity index (χ1) is 15.9. The van der Waals surface area contributed by atoms with Gasteiger partial charge in [-0.05, 0) is 42.7 Å². The molecular formula is C24H24N4O5. The zero-order valence-electron chi connectivity index (χ0n) is 18.5. The Balaban J connectivity index is 1.59. The van der Waals surface area contributed by atoms with E-state index in [0.29, 0.717) is 24.3 Å². The van der Waals surface area contributed by atoms with E-state index >= 15 is 0 Å². The molecule has 4 rings (SSSR count). The molecule has 170 valence electrons. The molecule has 2 aromatic carbocycles. The fourth-order valence-electron chi connectivity index (χ4n) is 4.10. The average Bonchev–Trinajstić information content (AvgIpc) is 3.31. The molecule has 0 fully saturated rings. The zero-order valence-corrected chi connectivity index (χ0v) is 18.5. The molecule has 9 nitrogen and oxygen atoms in total. The molecule has 4 amide bonds. The van der Waals surface area contributed by atoms with Gasteiger partial charge in [0.2, 0.25) is 6.41 Å². The summed E-state index contributed by atoms with van der Waals surface area (Å²) in [5, 5.41) is 8.86. The van der Waals surface area contributed by atoms with Crippen LogP contribution in [0.2, 0.25) is 0 Å². The largest absolute Gasteiger partial charge is 0.497 e. The molecule has 3 aromatic rings. The number of aromatic nitrogens is 1. The minimum absolute atomic E-state index is 0.140. The fraction of sp³-hybridized carbons (Fsp3) is 0.250. The number of imide groups is 1. The summed E-state index contributed by atoms with van der Waals surface area (Å²) in [7, 11) is 1.55. The van der Waals surface area contributed by atoms with Gasteiger partial charge in [-0.25, -0.2) is 4.79 Å². The summed E-state index contributed by atoms with van der Waals surface area (Å²) in [5.74, 6) is 1.19. The van der Waals surface area contributed by atoms with Crippen molar-refractivity contribution in [3.8, 4) is 16.9 Å². The summed E-state index contributed by atoms with van der Waals surface area (Å²) in [4.78, 5) is 37.5. The zero-order chi connectivity index (χ0) is 23.5. The Labute approximate surface area is 190 Å². The lowest BCUT2D eigenvalue weighted by molar-refractivity contribution is -0.108. The number of ether oxygens (including phenoxy) is 1. The minimum Gasteiger partial charge on any atom is -0.497 e. The van der Waals surface area contributed by atoms with Gasteiger partial charge in [-0.15, -0.1) is 0 Å². The topological polar surface area (TPSA) is 114 Å². The molecule has 33 heavy (non-hydrogen) atoms. The Kier molecular flexibility index (Phi) is 6.12. The van der Waals surface area contributed by atoms with E-state index < -0.39 is 12.1 Å². The quantitative estimate of drug-likeness (QED) is 0.537. The number of aryl methyl sites for hydroxylation is 2. The third kappa shape index (κ3) is 4.43. The fourth-order valence-corrected chi connectivity index (χ4v) is 4.10. The van der Waals surface area contributed by atoms with E-state index in [4.69, 9.17) is 9.26 Å². The van der Waals surface area contributed by atoms with Crippen molar-refractivity contribution in [2.45, 2.75) is 26.4 Å². The molecule has 1 atom stereocenters. The van der Waals surface area contributed by atoms with Crippen molar-refractivity contribution in [1.82, 2.24) is 20.7 Å². The van der Waals surface area contributed by atoms with Gasteiger partial charge < -0.3 is 19.5 Å². The minimum atomic E-state index is -0.643. The van der Waals surface area contributed by atoms with Crippen LogP contribution in [0.25, 0.3) is 11.1 Å². The van der Waals surface area contributed by atoms with E-state index in [1.807, 2.05) is 50.2 Å². The van der Waals surface area contributed by atoms with Crippen LogP contribution >= 0.6 is 0 Å².